The molecule has 5 nitrogen and oxygen atoms in total. The molecule has 1 aliphatic heterocycles. The molecular weight excluding hydrogens is 356 g/mol. The highest BCUT2D eigenvalue weighted by molar-refractivity contribution is 9.11. The molecule has 2 N–H and O–H groups in total. The number of halogens is 1. The van der Waals surface area contributed by atoms with E-state index in [1.54, 1.807) is 13.2 Å². The van der Waals surface area contributed by atoms with E-state index in [0.717, 1.165) is 35.5 Å². The summed E-state index contributed by atoms with van der Waals surface area (Å²) in [4.78, 5) is 16.4. The van der Waals surface area contributed by atoms with E-state index < -0.39 is 0 Å². The third-order valence-electron chi connectivity index (χ3n) is 3.21. The number of amides is 1. The van der Waals surface area contributed by atoms with Crippen LogP contribution in [0.25, 0.3) is 0 Å². The summed E-state index contributed by atoms with van der Waals surface area (Å²) in [6.45, 7) is 8.02. The number of allylic oxidation sites excluding steroid dienone is 3. The Morgan fingerprint density at radius 3 is 2.61 bits per heavy atom. The minimum Gasteiger partial charge on any atom is -0.344 e. The van der Waals surface area contributed by atoms with Crippen LogP contribution < -0.4 is 10.6 Å². The van der Waals surface area contributed by atoms with Crippen molar-refractivity contribution in [1.29, 1.82) is 0 Å². The summed E-state index contributed by atoms with van der Waals surface area (Å²) >= 11 is 3.40. The summed E-state index contributed by atoms with van der Waals surface area (Å²) in [7, 11) is 1.68. The van der Waals surface area contributed by atoms with Crippen LogP contribution in [0.15, 0.2) is 40.8 Å². The molecular formula is C17H25BrN4O. The van der Waals surface area contributed by atoms with Gasteiger partial charge in [0.2, 0.25) is 6.41 Å². The van der Waals surface area contributed by atoms with Crippen molar-refractivity contribution in [3.63, 3.8) is 0 Å². The Hall–Kier alpha value is -1.66. The Kier molecular flexibility index (Phi) is 8.58. The molecule has 0 aromatic carbocycles. The van der Waals surface area contributed by atoms with Gasteiger partial charge in [0, 0.05) is 48.6 Å². The predicted molar refractivity (Wildman–Crippen MR) is 99.4 cm³/mol. The molecule has 1 fully saturated rings. The Labute approximate surface area is 147 Å². The second-order valence-corrected chi connectivity index (χ2v) is 5.98. The Morgan fingerprint density at radius 1 is 1.43 bits per heavy atom. The summed E-state index contributed by atoms with van der Waals surface area (Å²) in [5.41, 5.74) is 2.21. The largest absolute Gasteiger partial charge is 0.344 e. The van der Waals surface area contributed by atoms with E-state index in [1.165, 1.54) is 10.5 Å². The maximum Gasteiger partial charge on any atom is 0.213 e. The molecule has 2 heterocycles. The molecule has 1 aliphatic rings. The molecule has 0 saturated carbocycles. The number of carbonyl (C=O) groups excluding carboxylic acids is 1. The number of aromatic nitrogens is 1. The molecule has 0 unspecified atom stereocenters. The molecule has 6 heteroatoms. The van der Waals surface area contributed by atoms with E-state index >= 15 is 0 Å². The average Bonchev–Trinajstić information content (AvgIpc) is 2.49. The molecule has 1 saturated heterocycles. The summed E-state index contributed by atoms with van der Waals surface area (Å²) in [5.74, 6) is 1.41. The van der Waals surface area contributed by atoms with E-state index in [2.05, 4.69) is 37.6 Å². The fraction of sp³-hybridized carbons (Fsp3) is 0.412. The lowest BCUT2D eigenvalue weighted by Gasteiger charge is -2.27. The topological polar surface area (TPSA) is 57.3 Å². The number of rotatable bonds is 6. The van der Waals surface area contributed by atoms with Gasteiger partial charge in [0.05, 0.1) is 0 Å². The SMILES string of the molecule is C/C(=C\C(Br)=C/N(C)C=O)Nc1ccc(C2CNC2)cn1.CC. The molecule has 23 heavy (non-hydrogen) atoms. The highest BCUT2D eigenvalue weighted by Crippen LogP contribution is 2.20. The van der Waals surface area contributed by atoms with Crippen molar-refractivity contribution in [2.24, 2.45) is 0 Å². The monoisotopic (exact) mass is 380 g/mol. The van der Waals surface area contributed by atoms with Crippen molar-refractivity contribution >= 4 is 28.2 Å². The Bertz CT molecular complexity index is 550. The minimum absolute atomic E-state index is 0.596. The number of hydrogen-bond donors (Lipinski definition) is 2. The van der Waals surface area contributed by atoms with Crippen LogP contribution in [-0.4, -0.2) is 36.4 Å². The fourth-order valence-electron chi connectivity index (χ4n) is 1.95. The van der Waals surface area contributed by atoms with Gasteiger partial charge >= 0.3 is 0 Å². The third-order valence-corrected chi connectivity index (χ3v) is 3.65. The first-order chi connectivity index (χ1) is 11.1. The van der Waals surface area contributed by atoms with Crippen molar-refractivity contribution in [3.05, 3.63) is 46.3 Å². The van der Waals surface area contributed by atoms with Crippen LogP contribution in [0, 0.1) is 0 Å². The van der Waals surface area contributed by atoms with Gasteiger partial charge in [-0.2, -0.15) is 0 Å². The second kappa shape index (κ2) is 10.2. The van der Waals surface area contributed by atoms with Gasteiger partial charge in [-0.25, -0.2) is 4.98 Å². The molecule has 0 bridgehead atoms. The number of hydrogen-bond acceptors (Lipinski definition) is 4. The molecule has 1 aromatic heterocycles. The normalized spacial score (nSPS) is 15.2. The zero-order valence-corrected chi connectivity index (χ0v) is 15.7. The number of pyridine rings is 1. The standard InChI is InChI=1S/C15H19BrN4O.C2H6/c1-11(5-14(16)9-20(2)10-21)19-15-4-3-12(8-18-15)13-6-17-7-13;1-2/h3-5,8-10,13,17H,6-7H2,1-2H3,(H,18,19);1-2H3/b11-5+,14-9+;. The average molecular weight is 381 g/mol. The summed E-state index contributed by atoms with van der Waals surface area (Å²) < 4.78 is 0.805. The van der Waals surface area contributed by atoms with Crippen molar-refractivity contribution in [2.75, 3.05) is 25.5 Å². The van der Waals surface area contributed by atoms with Gasteiger partial charge in [0.1, 0.15) is 5.82 Å². The van der Waals surface area contributed by atoms with E-state index in [9.17, 15) is 4.79 Å². The first-order valence-electron chi connectivity index (χ1n) is 7.75. The molecule has 0 aliphatic carbocycles. The Balaban J connectivity index is 0.00000127. The highest BCUT2D eigenvalue weighted by Gasteiger charge is 2.18. The van der Waals surface area contributed by atoms with Gasteiger partial charge in [-0.1, -0.05) is 19.9 Å². The van der Waals surface area contributed by atoms with E-state index in [4.69, 9.17) is 0 Å². The predicted octanol–water partition coefficient (Wildman–Crippen LogP) is 3.43. The van der Waals surface area contributed by atoms with Crippen LogP contribution in [0.1, 0.15) is 32.3 Å². The molecule has 0 radical (unpaired) electrons. The number of nitrogens with one attached hydrogen (secondary N) is 2. The lowest BCUT2D eigenvalue weighted by Crippen LogP contribution is -2.39. The van der Waals surface area contributed by atoms with Gasteiger partial charge in [-0.05, 0) is 40.6 Å². The highest BCUT2D eigenvalue weighted by atomic mass is 79.9. The first kappa shape index (κ1) is 19.4. The maximum absolute atomic E-state index is 10.5. The number of nitrogens with zero attached hydrogens (tertiary/aromatic N) is 2. The molecule has 0 spiro atoms. The first-order valence-corrected chi connectivity index (χ1v) is 8.54. The molecule has 1 aromatic rings. The lowest BCUT2D eigenvalue weighted by molar-refractivity contribution is -0.115. The van der Waals surface area contributed by atoms with Gasteiger partial charge in [0.15, 0.2) is 0 Å². The van der Waals surface area contributed by atoms with Crippen molar-refractivity contribution in [1.82, 2.24) is 15.2 Å². The van der Waals surface area contributed by atoms with Crippen molar-refractivity contribution < 1.29 is 4.79 Å². The van der Waals surface area contributed by atoms with Crippen molar-refractivity contribution in [3.8, 4) is 0 Å². The van der Waals surface area contributed by atoms with Crippen LogP contribution in [0.4, 0.5) is 5.82 Å². The summed E-state index contributed by atoms with van der Waals surface area (Å²) in [6.07, 6.45) is 6.25. The zero-order valence-electron chi connectivity index (χ0n) is 14.1. The van der Waals surface area contributed by atoms with E-state index in [-0.39, 0.29) is 0 Å². The van der Waals surface area contributed by atoms with E-state index in [1.807, 2.05) is 39.1 Å². The molecule has 1 amide bonds. The van der Waals surface area contributed by atoms with Crippen LogP contribution >= 0.6 is 15.9 Å². The quantitative estimate of drug-likeness (QED) is 0.586. The van der Waals surface area contributed by atoms with Gasteiger partial charge < -0.3 is 15.5 Å². The second-order valence-electron chi connectivity index (χ2n) is 5.07. The van der Waals surface area contributed by atoms with Crippen LogP contribution in [0.2, 0.25) is 0 Å². The number of anilines is 1. The van der Waals surface area contributed by atoms with Gasteiger partial charge in [0.25, 0.3) is 0 Å². The van der Waals surface area contributed by atoms with Crippen LogP contribution in [0.5, 0.6) is 0 Å². The zero-order chi connectivity index (χ0) is 17.2. The summed E-state index contributed by atoms with van der Waals surface area (Å²) in [6, 6.07) is 4.10. The Morgan fingerprint density at radius 2 is 2.13 bits per heavy atom. The smallest absolute Gasteiger partial charge is 0.213 e. The lowest BCUT2D eigenvalue weighted by atomic mass is 9.95. The third kappa shape index (κ3) is 6.54. The van der Waals surface area contributed by atoms with Crippen LogP contribution in [0.3, 0.4) is 0 Å². The minimum atomic E-state index is 0.596. The molecule has 126 valence electrons. The molecule has 2 rings (SSSR count). The van der Waals surface area contributed by atoms with Crippen molar-refractivity contribution in [2.45, 2.75) is 26.7 Å². The fourth-order valence-corrected chi connectivity index (χ4v) is 2.62. The summed E-state index contributed by atoms with van der Waals surface area (Å²) in [5, 5.41) is 6.48. The maximum atomic E-state index is 10.5. The van der Waals surface area contributed by atoms with Gasteiger partial charge in [-0.3, -0.25) is 4.79 Å². The van der Waals surface area contributed by atoms with Gasteiger partial charge in [-0.15, -0.1) is 0 Å². The van der Waals surface area contributed by atoms with Crippen LogP contribution in [-0.2, 0) is 4.79 Å². The molecule has 0 atom stereocenters. The number of carbonyl (C=O) groups is 1. The van der Waals surface area contributed by atoms with E-state index in [0.29, 0.717) is 5.92 Å².